The zero-order chi connectivity index (χ0) is 18.0. The van der Waals surface area contributed by atoms with Crippen LogP contribution in [0, 0.1) is 0 Å². The molecule has 1 amide bonds. The second-order valence-corrected chi connectivity index (χ2v) is 6.86. The molecule has 0 radical (unpaired) electrons. The van der Waals surface area contributed by atoms with Crippen LogP contribution in [-0.2, 0) is 6.42 Å². The Hall–Kier alpha value is -1.63. The van der Waals surface area contributed by atoms with Gasteiger partial charge in [-0.15, -0.1) is 5.10 Å². The van der Waals surface area contributed by atoms with E-state index in [0.717, 1.165) is 12.8 Å². The van der Waals surface area contributed by atoms with Crippen molar-refractivity contribution in [1.29, 1.82) is 0 Å². The number of halogens is 2. The predicted molar refractivity (Wildman–Crippen MR) is 98.7 cm³/mol. The van der Waals surface area contributed by atoms with Gasteiger partial charge in [-0.3, -0.25) is 4.79 Å². The number of aromatic nitrogens is 3. The van der Waals surface area contributed by atoms with Crippen LogP contribution in [0.1, 0.15) is 36.2 Å². The molecule has 1 N–H and O–H groups in total. The number of nitrogens with one attached hydrogen (secondary N) is 1. The van der Waals surface area contributed by atoms with E-state index in [1.165, 1.54) is 0 Å². The van der Waals surface area contributed by atoms with E-state index in [2.05, 4.69) is 15.4 Å². The second-order valence-electron chi connectivity index (χ2n) is 6.04. The van der Waals surface area contributed by atoms with Gasteiger partial charge in [0.1, 0.15) is 11.5 Å². The topological polar surface area (TPSA) is 63.1 Å². The minimum atomic E-state index is -0.147. The molecule has 2 heterocycles. The fraction of sp³-hybridized carbons (Fsp3) is 0.471. The van der Waals surface area contributed by atoms with E-state index in [4.69, 9.17) is 23.2 Å². The number of carbonyl (C=O) groups is 1. The van der Waals surface area contributed by atoms with Gasteiger partial charge in [-0.2, -0.15) is 0 Å². The highest BCUT2D eigenvalue weighted by atomic mass is 35.5. The first-order valence-corrected chi connectivity index (χ1v) is 9.17. The number of hydrogen-bond acceptors (Lipinski definition) is 4. The van der Waals surface area contributed by atoms with Gasteiger partial charge < -0.3 is 10.2 Å². The summed E-state index contributed by atoms with van der Waals surface area (Å²) >= 11 is 12.6. The molecule has 0 unspecified atom stereocenters. The molecule has 0 aliphatic carbocycles. The Balaban J connectivity index is 1.90. The van der Waals surface area contributed by atoms with Gasteiger partial charge in [-0.05, 0) is 32.0 Å². The van der Waals surface area contributed by atoms with Gasteiger partial charge in [0.25, 0.3) is 5.91 Å². The van der Waals surface area contributed by atoms with E-state index in [9.17, 15) is 4.79 Å². The summed E-state index contributed by atoms with van der Waals surface area (Å²) in [5.41, 5.74) is 0.558. The van der Waals surface area contributed by atoms with E-state index >= 15 is 0 Å². The summed E-state index contributed by atoms with van der Waals surface area (Å²) in [4.78, 5) is 19.0. The minimum Gasteiger partial charge on any atom is -0.336 e. The molecule has 0 atom stereocenters. The molecule has 3 rings (SSSR count). The highest BCUT2D eigenvalue weighted by Gasteiger charge is 2.27. The predicted octanol–water partition coefficient (Wildman–Crippen LogP) is 2.96. The fourth-order valence-electron chi connectivity index (χ4n) is 3.05. The molecule has 1 aliphatic rings. The first kappa shape index (κ1) is 18.2. The largest absolute Gasteiger partial charge is 0.336 e. The van der Waals surface area contributed by atoms with Crippen LogP contribution in [0.15, 0.2) is 18.2 Å². The molecule has 1 aromatic heterocycles. The standard InChI is InChI=1S/C17H21Cl2N5O/c1-3-14-21-16(17(25)23-9-7-11(20-2)8-10-23)22-24(14)15-12(18)5-4-6-13(15)19/h4-6,11,20H,3,7-10H2,1-2H3. The molecular weight excluding hydrogens is 361 g/mol. The molecule has 0 saturated carbocycles. The molecule has 6 nitrogen and oxygen atoms in total. The smallest absolute Gasteiger partial charge is 0.293 e. The van der Waals surface area contributed by atoms with Crippen molar-refractivity contribution in [3.63, 3.8) is 0 Å². The second kappa shape index (κ2) is 7.72. The van der Waals surface area contributed by atoms with E-state index in [1.54, 1.807) is 27.8 Å². The van der Waals surface area contributed by atoms with Crippen molar-refractivity contribution in [2.24, 2.45) is 0 Å². The van der Waals surface area contributed by atoms with E-state index < -0.39 is 0 Å². The Kier molecular flexibility index (Phi) is 5.61. The third-order valence-electron chi connectivity index (χ3n) is 4.52. The summed E-state index contributed by atoms with van der Waals surface area (Å²) in [6, 6.07) is 5.72. The molecule has 1 aliphatic heterocycles. The monoisotopic (exact) mass is 381 g/mol. The van der Waals surface area contributed by atoms with E-state index in [0.29, 0.717) is 47.1 Å². The molecule has 1 fully saturated rings. The summed E-state index contributed by atoms with van der Waals surface area (Å²) in [5.74, 6) is 0.699. The molecule has 1 saturated heterocycles. The van der Waals surface area contributed by atoms with Gasteiger partial charge in [-0.25, -0.2) is 9.67 Å². The maximum Gasteiger partial charge on any atom is 0.293 e. The van der Waals surface area contributed by atoms with Gasteiger partial charge in [0, 0.05) is 25.6 Å². The number of amides is 1. The summed E-state index contributed by atoms with van der Waals surface area (Å²) in [7, 11) is 1.95. The number of likely N-dealkylation sites (tertiary alicyclic amines) is 1. The lowest BCUT2D eigenvalue weighted by Crippen LogP contribution is -2.44. The first-order chi connectivity index (χ1) is 12.0. The van der Waals surface area contributed by atoms with Crippen molar-refractivity contribution in [1.82, 2.24) is 25.0 Å². The lowest BCUT2D eigenvalue weighted by molar-refractivity contribution is 0.0695. The number of para-hydroxylation sites is 1. The van der Waals surface area contributed by atoms with Crippen molar-refractivity contribution in [3.05, 3.63) is 39.9 Å². The molecule has 134 valence electrons. The number of nitrogens with zero attached hydrogens (tertiary/aromatic N) is 4. The lowest BCUT2D eigenvalue weighted by Gasteiger charge is -2.30. The van der Waals surface area contributed by atoms with Crippen LogP contribution in [0.5, 0.6) is 0 Å². The molecule has 0 bridgehead atoms. The Morgan fingerprint density at radius 3 is 2.48 bits per heavy atom. The third kappa shape index (κ3) is 3.66. The molecular formula is C17H21Cl2N5O. The van der Waals surface area contributed by atoms with E-state index in [-0.39, 0.29) is 11.7 Å². The lowest BCUT2D eigenvalue weighted by atomic mass is 10.1. The molecule has 25 heavy (non-hydrogen) atoms. The average Bonchev–Trinajstić information content (AvgIpc) is 3.05. The van der Waals surface area contributed by atoms with Gasteiger partial charge in [0.2, 0.25) is 5.82 Å². The van der Waals surface area contributed by atoms with Crippen LogP contribution in [-0.4, -0.2) is 51.8 Å². The zero-order valence-electron chi connectivity index (χ0n) is 14.3. The van der Waals surface area contributed by atoms with Crippen LogP contribution in [0.4, 0.5) is 0 Å². The number of hydrogen-bond donors (Lipinski definition) is 1. The van der Waals surface area contributed by atoms with Crippen molar-refractivity contribution in [2.75, 3.05) is 20.1 Å². The van der Waals surface area contributed by atoms with Crippen LogP contribution < -0.4 is 5.32 Å². The Bertz CT molecular complexity index is 748. The summed E-state index contributed by atoms with van der Waals surface area (Å²) in [5, 5.41) is 8.62. The van der Waals surface area contributed by atoms with E-state index in [1.807, 2.05) is 14.0 Å². The Morgan fingerprint density at radius 2 is 1.92 bits per heavy atom. The minimum absolute atomic E-state index is 0.147. The number of carbonyl (C=O) groups excluding carboxylic acids is 1. The molecule has 2 aromatic rings. The highest BCUT2D eigenvalue weighted by Crippen LogP contribution is 2.29. The number of rotatable bonds is 4. The van der Waals surface area contributed by atoms with Crippen LogP contribution >= 0.6 is 23.2 Å². The van der Waals surface area contributed by atoms with Crippen molar-refractivity contribution in [3.8, 4) is 5.69 Å². The van der Waals surface area contributed by atoms with Crippen molar-refractivity contribution in [2.45, 2.75) is 32.2 Å². The van der Waals surface area contributed by atoms with Crippen LogP contribution in [0.2, 0.25) is 10.0 Å². The first-order valence-electron chi connectivity index (χ1n) is 8.42. The third-order valence-corrected chi connectivity index (χ3v) is 5.13. The number of piperidine rings is 1. The SMILES string of the molecule is CCc1nc(C(=O)N2CCC(NC)CC2)nn1-c1c(Cl)cccc1Cl. The maximum absolute atomic E-state index is 12.8. The number of benzene rings is 1. The zero-order valence-corrected chi connectivity index (χ0v) is 15.8. The Morgan fingerprint density at radius 1 is 1.28 bits per heavy atom. The van der Waals surface area contributed by atoms with Crippen LogP contribution in [0.3, 0.4) is 0 Å². The fourth-order valence-corrected chi connectivity index (χ4v) is 3.60. The summed E-state index contributed by atoms with van der Waals surface area (Å²) in [6.07, 6.45) is 2.48. The maximum atomic E-state index is 12.8. The normalized spacial score (nSPS) is 15.6. The van der Waals surface area contributed by atoms with Gasteiger partial charge >= 0.3 is 0 Å². The van der Waals surface area contributed by atoms with Gasteiger partial charge in [0.05, 0.1) is 10.0 Å². The number of aryl methyl sites for hydroxylation is 1. The highest BCUT2D eigenvalue weighted by molar-refractivity contribution is 6.37. The van der Waals surface area contributed by atoms with Gasteiger partial charge in [0.15, 0.2) is 0 Å². The summed E-state index contributed by atoms with van der Waals surface area (Å²) < 4.78 is 1.58. The van der Waals surface area contributed by atoms with Gasteiger partial charge in [-0.1, -0.05) is 36.2 Å². The molecule has 0 spiro atoms. The molecule has 1 aromatic carbocycles. The quantitative estimate of drug-likeness (QED) is 0.883. The Labute approximate surface area is 157 Å². The van der Waals surface area contributed by atoms with Crippen molar-refractivity contribution >= 4 is 29.1 Å². The summed E-state index contributed by atoms with van der Waals surface area (Å²) in [6.45, 7) is 3.36. The average molecular weight is 382 g/mol. The van der Waals surface area contributed by atoms with Crippen molar-refractivity contribution < 1.29 is 4.79 Å². The molecule has 8 heteroatoms. The van der Waals surface area contributed by atoms with Crippen LogP contribution in [0.25, 0.3) is 5.69 Å².